The molecule has 0 saturated heterocycles. The predicted molar refractivity (Wildman–Crippen MR) is 118 cm³/mol. The smallest absolute Gasteiger partial charge is 0.231 e. The topological polar surface area (TPSA) is 40.8 Å². The molecule has 0 bridgehead atoms. The van der Waals surface area contributed by atoms with Crippen LogP contribution in [0.25, 0.3) is 33.2 Å². The van der Waals surface area contributed by atoms with E-state index >= 15 is 0 Å². The molecule has 0 fully saturated rings. The maximum atomic E-state index is 14.1. The average Bonchev–Trinajstić information content (AvgIpc) is 3.28. The molecule has 0 radical (unpaired) electrons. The Bertz CT molecular complexity index is 1400. The van der Waals surface area contributed by atoms with Gasteiger partial charge in [0.05, 0.1) is 25.2 Å². The molecule has 0 spiro atoms. The lowest BCUT2D eigenvalue weighted by molar-refractivity contribution is -0.686. The molecule has 0 amide bonds. The number of hydrogen-bond acceptors (Lipinski definition) is 4. The molecule has 3 heterocycles. The summed E-state index contributed by atoms with van der Waals surface area (Å²) in [5.74, 6) is 2.55. The van der Waals surface area contributed by atoms with E-state index in [9.17, 15) is 4.39 Å². The van der Waals surface area contributed by atoms with E-state index in [0.29, 0.717) is 11.5 Å². The number of aryl methyl sites for hydroxylation is 2. The van der Waals surface area contributed by atoms with Gasteiger partial charge in [0.25, 0.3) is 0 Å². The first-order chi connectivity index (χ1) is 15.7. The minimum Gasteiger partial charge on any atom is -0.493 e. The number of hydrogen-bond donors (Lipinski definition) is 0. The van der Waals surface area contributed by atoms with Gasteiger partial charge in [-0.25, -0.2) is 4.39 Å². The van der Waals surface area contributed by atoms with Crippen LogP contribution in [0.2, 0.25) is 0 Å². The third-order valence-corrected chi connectivity index (χ3v) is 6.26. The van der Waals surface area contributed by atoms with Crippen LogP contribution in [0.4, 0.5) is 4.39 Å². The highest BCUT2D eigenvalue weighted by atomic mass is 19.1. The number of halogens is 1. The van der Waals surface area contributed by atoms with Gasteiger partial charge in [0, 0.05) is 17.9 Å². The molecule has 0 saturated carbocycles. The molecule has 3 aromatic carbocycles. The van der Waals surface area contributed by atoms with Crippen molar-refractivity contribution in [3.05, 3.63) is 66.1 Å². The standard InChI is InChI=1S/C26H21FNO4/c1-29-25-11-18(15-4-3-5-17(27)8-15)20-10-22-19-12-24-23(31-14-32-24)9-16(19)6-7-28(22)13-21(20)26(25)30-2/h3-5,8-13H,6-7,14H2,1-2H3/q+1. The summed E-state index contributed by atoms with van der Waals surface area (Å²) in [5, 5.41) is 1.88. The average molecular weight is 430 g/mol. The highest BCUT2D eigenvalue weighted by Gasteiger charge is 2.29. The van der Waals surface area contributed by atoms with E-state index in [1.807, 2.05) is 12.1 Å². The summed E-state index contributed by atoms with van der Waals surface area (Å²) in [4.78, 5) is 0. The molecule has 6 rings (SSSR count). The first kappa shape index (κ1) is 18.9. The Balaban J connectivity index is 1.67. The summed E-state index contributed by atoms with van der Waals surface area (Å²) in [7, 11) is 3.25. The van der Waals surface area contributed by atoms with Crippen molar-refractivity contribution >= 4 is 10.8 Å². The van der Waals surface area contributed by atoms with E-state index in [0.717, 1.165) is 57.6 Å². The molecule has 1 aromatic heterocycles. The summed E-state index contributed by atoms with van der Waals surface area (Å²) in [6.07, 6.45) is 2.99. The molecule has 0 aliphatic carbocycles. The van der Waals surface area contributed by atoms with Gasteiger partial charge in [0.1, 0.15) is 5.82 Å². The van der Waals surface area contributed by atoms with E-state index in [4.69, 9.17) is 18.9 Å². The fourth-order valence-corrected chi connectivity index (χ4v) is 4.75. The normalized spacial score (nSPS) is 13.6. The second-order valence-corrected chi connectivity index (χ2v) is 7.96. The molecule has 2 aliphatic rings. The van der Waals surface area contributed by atoms with Gasteiger partial charge in [0.15, 0.2) is 35.7 Å². The third-order valence-electron chi connectivity index (χ3n) is 6.26. The Labute approximate surface area is 184 Å². The fraction of sp³-hybridized carbons (Fsp3) is 0.192. The quantitative estimate of drug-likeness (QED) is 0.434. The van der Waals surface area contributed by atoms with Crippen molar-refractivity contribution in [3.63, 3.8) is 0 Å². The highest BCUT2D eigenvalue weighted by molar-refractivity contribution is 6.02. The maximum Gasteiger partial charge on any atom is 0.231 e. The van der Waals surface area contributed by atoms with Crippen molar-refractivity contribution < 1.29 is 27.9 Å². The van der Waals surface area contributed by atoms with Crippen LogP contribution in [0.3, 0.4) is 0 Å². The zero-order chi connectivity index (χ0) is 21.8. The number of methoxy groups -OCH3 is 2. The molecule has 0 atom stereocenters. The number of nitrogens with zero attached hydrogens (tertiary/aromatic N) is 1. The highest BCUT2D eigenvalue weighted by Crippen LogP contribution is 2.44. The molecule has 4 aromatic rings. The number of pyridine rings is 1. The van der Waals surface area contributed by atoms with Gasteiger partial charge >= 0.3 is 0 Å². The van der Waals surface area contributed by atoms with Crippen molar-refractivity contribution in [1.82, 2.24) is 0 Å². The van der Waals surface area contributed by atoms with Crippen LogP contribution in [0.5, 0.6) is 23.0 Å². The van der Waals surface area contributed by atoms with E-state index in [1.54, 1.807) is 26.4 Å². The molecule has 5 nitrogen and oxygen atoms in total. The summed E-state index contributed by atoms with van der Waals surface area (Å²) >= 11 is 0. The summed E-state index contributed by atoms with van der Waals surface area (Å²) in [6.45, 7) is 1.07. The van der Waals surface area contributed by atoms with Gasteiger partial charge in [-0.15, -0.1) is 0 Å². The maximum absolute atomic E-state index is 14.1. The first-order valence-electron chi connectivity index (χ1n) is 10.5. The van der Waals surface area contributed by atoms with Gasteiger partial charge in [-0.3, -0.25) is 0 Å². The molecule has 2 aliphatic heterocycles. The van der Waals surface area contributed by atoms with Crippen molar-refractivity contribution in [3.8, 4) is 45.4 Å². The molecular weight excluding hydrogens is 409 g/mol. The Kier molecular flexibility index (Phi) is 4.21. The van der Waals surface area contributed by atoms with Crippen LogP contribution in [0, 0.1) is 5.82 Å². The zero-order valence-electron chi connectivity index (χ0n) is 17.8. The van der Waals surface area contributed by atoms with Gasteiger partial charge < -0.3 is 18.9 Å². The Morgan fingerprint density at radius 1 is 0.906 bits per heavy atom. The van der Waals surface area contributed by atoms with E-state index < -0.39 is 0 Å². The minimum absolute atomic E-state index is 0.247. The van der Waals surface area contributed by atoms with Crippen LogP contribution in [-0.4, -0.2) is 21.0 Å². The lowest BCUT2D eigenvalue weighted by Gasteiger charge is -2.19. The van der Waals surface area contributed by atoms with Gasteiger partial charge in [0.2, 0.25) is 12.5 Å². The van der Waals surface area contributed by atoms with Crippen LogP contribution in [0.1, 0.15) is 5.56 Å². The van der Waals surface area contributed by atoms with E-state index in [-0.39, 0.29) is 12.6 Å². The first-order valence-corrected chi connectivity index (χ1v) is 10.5. The monoisotopic (exact) mass is 430 g/mol. The molecular formula is C26H21FNO4+. The summed E-state index contributed by atoms with van der Waals surface area (Å²) in [6, 6.07) is 14.8. The Morgan fingerprint density at radius 2 is 1.75 bits per heavy atom. The SMILES string of the molecule is COc1cc(-c2cccc(F)c2)c2cc3[n+](cc2c1OC)CCc1cc2c(cc1-3)OCO2. The lowest BCUT2D eigenvalue weighted by atomic mass is 9.92. The number of rotatable bonds is 3. The minimum atomic E-state index is -0.282. The van der Waals surface area contributed by atoms with Crippen LogP contribution in [-0.2, 0) is 13.0 Å². The van der Waals surface area contributed by atoms with E-state index in [1.165, 1.54) is 11.6 Å². The van der Waals surface area contributed by atoms with Crippen LogP contribution >= 0.6 is 0 Å². The predicted octanol–water partition coefficient (Wildman–Crippen LogP) is 4.90. The largest absolute Gasteiger partial charge is 0.493 e. The van der Waals surface area contributed by atoms with Crippen LogP contribution < -0.4 is 23.5 Å². The van der Waals surface area contributed by atoms with Crippen molar-refractivity contribution in [1.29, 1.82) is 0 Å². The van der Waals surface area contributed by atoms with E-state index in [2.05, 4.69) is 29.0 Å². The fourth-order valence-electron chi connectivity index (χ4n) is 4.75. The van der Waals surface area contributed by atoms with Gasteiger partial charge in [-0.05, 0) is 47.0 Å². The molecule has 0 unspecified atom stereocenters. The lowest BCUT2D eigenvalue weighted by Crippen LogP contribution is -2.40. The van der Waals surface area contributed by atoms with Crippen molar-refractivity contribution in [2.24, 2.45) is 0 Å². The molecule has 6 heteroatoms. The van der Waals surface area contributed by atoms with Crippen molar-refractivity contribution in [2.75, 3.05) is 21.0 Å². The van der Waals surface area contributed by atoms with Crippen LogP contribution in [0.15, 0.2) is 54.7 Å². The summed E-state index contributed by atoms with van der Waals surface area (Å²) < 4.78 is 38.9. The van der Waals surface area contributed by atoms with Gasteiger partial charge in [-0.1, -0.05) is 12.1 Å². The third kappa shape index (κ3) is 2.79. The number of ether oxygens (including phenoxy) is 4. The number of fused-ring (bicyclic) bond motifs is 5. The number of aromatic nitrogens is 1. The zero-order valence-corrected chi connectivity index (χ0v) is 17.8. The second kappa shape index (κ2) is 7.12. The molecule has 0 N–H and O–H groups in total. The second-order valence-electron chi connectivity index (χ2n) is 7.96. The Morgan fingerprint density at radius 3 is 2.53 bits per heavy atom. The number of benzene rings is 3. The molecule has 160 valence electrons. The molecule has 32 heavy (non-hydrogen) atoms. The van der Waals surface area contributed by atoms with Gasteiger partial charge in [-0.2, -0.15) is 4.57 Å². The Hall–Kier alpha value is -3.80. The van der Waals surface area contributed by atoms with Crippen molar-refractivity contribution in [2.45, 2.75) is 13.0 Å². The summed E-state index contributed by atoms with van der Waals surface area (Å²) in [5.41, 5.74) is 5.07.